The van der Waals surface area contributed by atoms with Crippen LogP contribution in [0, 0.1) is 0 Å². The van der Waals surface area contributed by atoms with E-state index in [4.69, 9.17) is 14.3 Å². The molecule has 2 aromatic heterocycles. The number of methoxy groups -OCH3 is 1. The van der Waals surface area contributed by atoms with Crippen molar-refractivity contribution in [3.8, 4) is 5.88 Å². The first-order valence-corrected chi connectivity index (χ1v) is 9.46. The molecule has 2 amide bonds. The molecule has 2 aliphatic rings. The number of aliphatic hydroxyl groups is 1. The number of hydrogen-bond acceptors (Lipinski definition) is 6. The molecule has 1 aliphatic carbocycles. The Kier molecular flexibility index (Phi) is 5.04. The van der Waals surface area contributed by atoms with Gasteiger partial charge in [-0.15, -0.1) is 0 Å². The summed E-state index contributed by atoms with van der Waals surface area (Å²) in [6.45, 7) is 0.391. The summed E-state index contributed by atoms with van der Waals surface area (Å²) in [6, 6.07) is 5.10. The maximum atomic E-state index is 12.9. The minimum Gasteiger partial charge on any atom is -0.481 e. The molecule has 148 valence electrons. The summed E-state index contributed by atoms with van der Waals surface area (Å²) in [5.41, 5.74) is 1.94. The molecule has 2 N–H and O–H groups in total. The molecular formula is C20H23N3O5. The van der Waals surface area contributed by atoms with Crippen molar-refractivity contribution in [2.45, 2.75) is 51.4 Å². The van der Waals surface area contributed by atoms with Crippen molar-refractivity contribution in [3.05, 3.63) is 46.5 Å². The fourth-order valence-corrected chi connectivity index (χ4v) is 3.93. The zero-order valence-electron chi connectivity index (χ0n) is 15.7. The van der Waals surface area contributed by atoms with Crippen LogP contribution in [0.15, 0.2) is 22.6 Å². The zero-order valence-corrected chi connectivity index (χ0v) is 15.7. The second kappa shape index (κ2) is 7.63. The van der Waals surface area contributed by atoms with Crippen LogP contribution in [0.25, 0.3) is 0 Å². The van der Waals surface area contributed by atoms with Crippen LogP contribution in [0.4, 0.5) is 0 Å². The third-order valence-electron chi connectivity index (χ3n) is 5.39. The smallest absolute Gasteiger partial charge is 0.287 e. The lowest BCUT2D eigenvalue weighted by atomic mass is 10.1. The van der Waals surface area contributed by atoms with Crippen LogP contribution in [-0.4, -0.2) is 40.0 Å². The van der Waals surface area contributed by atoms with Gasteiger partial charge in [-0.2, -0.15) is 0 Å². The number of furan rings is 1. The van der Waals surface area contributed by atoms with E-state index in [9.17, 15) is 9.59 Å². The molecule has 8 heteroatoms. The van der Waals surface area contributed by atoms with E-state index < -0.39 is 5.91 Å². The quantitative estimate of drug-likeness (QED) is 0.788. The van der Waals surface area contributed by atoms with E-state index in [1.165, 1.54) is 13.2 Å². The van der Waals surface area contributed by atoms with Gasteiger partial charge in [-0.05, 0) is 31.0 Å². The highest BCUT2D eigenvalue weighted by atomic mass is 16.5. The maximum Gasteiger partial charge on any atom is 0.287 e. The highest BCUT2D eigenvalue weighted by Gasteiger charge is 2.36. The summed E-state index contributed by atoms with van der Waals surface area (Å²) in [7, 11) is 1.52. The van der Waals surface area contributed by atoms with Crippen LogP contribution < -0.4 is 10.1 Å². The maximum absolute atomic E-state index is 12.9. The molecule has 28 heavy (non-hydrogen) atoms. The number of pyridine rings is 1. The summed E-state index contributed by atoms with van der Waals surface area (Å²) in [4.78, 5) is 31.5. The van der Waals surface area contributed by atoms with E-state index in [1.54, 1.807) is 12.1 Å². The van der Waals surface area contributed by atoms with Crippen LogP contribution >= 0.6 is 0 Å². The normalized spacial score (nSPS) is 16.5. The Hall–Kier alpha value is -2.87. The Morgan fingerprint density at radius 1 is 1.39 bits per heavy atom. The van der Waals surface area contributed by atoms with Crippen molar-refractivity contribution in [2.24, 2.45) is 0 Å². The predicted octanol–water partition coefficient (Wildman–Crippen LogP) is 2.00. The van der Waals surface area contributed by atoms with E-state index in [-0.39, 0.29) is 30.9 Å². The number of carbonyl (C=O) groups is 2. The third-order valence-corrected chi connectivity index (χ3v) is 5.39. The van der Waals surface area contributed by atoms with Crippen LogP contribution in [0.5, 0.6) is 5.88 Å². The first-order valence-electron chi connectivity index (χ1n) is 9.46. The van der Waals surface area contributed by atoms with E-state index in [1.807, 2.05) is 4.90 Å². The van der Waals surface area contributed by atoms with Gasteiger partial charge >= 0.3 is 0 Å². The van der Waals surface area contributed by atoms with Crippen LogP contribution in [0.3, 0.4) is 0 Å². The molecule has 1 fully saturated rings. The molecule has 4 rings (SSSR count). The van der Waals surface area contributed by atoms with E-state index in [0.29, 0.717) is 29.3 Å². The van der Waals surface area contributed by atoms with Gasteiger partial charge in [0.25, 0.3) is 11.8 Å². The number of nitrogens with one attached hydrogen (secondary N) is 1. The highest BCUT2D eigenvalue weighted by Crippen LogP contribution is 2.33. The Morgan fingerprint density at radius 2 is 2.18 bits per heavy atom. The summed E-state index contributed by atoms with van der Waals surface area (Å²) in [5.74, 6) is 0.417. The summed E-state index contributed by atoms with van der Waals surface area (Å²) in [6.07, 6.45) is 4.39. The third kappa shape index (κ3) is 3.35. The van der Waals surface area contributed by atoms with Crippen molar-refractivity contribution < 1.29 is 23.8 Å². The summed E-state index contributed by atoms with van der Waals surface area (Å²) >= 11 is 0. The van der Waals surface area contributed by atoms with Gasteiger partial charge in [0.2, 0.25) is 5.88 Å². The molecule has 1 aliphatic heterocycles. The fourth-order valence-electron chi connectivity index (χ4n) is 3.93. The van der Waals surface area contributed by atoms with E-state index >= 15 is 0 Å². The van der Waals surface area contributed by atoms with Gasteiger partial charge in [0, 0.05) is 18.2 Å². The molecule has 0 atom stereocenters. The first kappa shape index (κ1) is 18.5. The van der Waals surface area contributed by atoms with Crippen LogP contribution in [0.1, 0.15) is 63.6 Å². The standard InChI is InChI=1S/C20H23N3O5/c1-27-19-12(9-21-18(25)17-7-6-14(11-24)28-17)8-15-16(22-19)10-23(20(15)26)13-4-2-3-5-13/h6-8,13,24H,2-5,9-11H2,1H3,(H,21,25). The number of hydrogen-bond donors (Lipinski definition) is 2. The summed E-state index contributed by atoms with van der Waals surface area (Å²) in [5, 5.41) is 11.8. The second-order valence-electron chi connectivity index (χ2n) is 7.13. The molecule has 0 bridgehead atoms. The van der Waals surface area contributed by atoms with Crippen molar-refractivity contribution in [2.75, 3.05) is 7.11 Å². The van der Waals surface area contributed by atoms with Crippen LogP contribution in [-0.2, 0) is 19.7 Å². The minimum atomic E-state index is -0.416. The monoisotopic (exact) mass is 385 g/mol. The lowest BCUT2D eigenvalue weighted by Crippen LogP contribution is -2.33. The van der Waals surface area contributed by atoms with Crippen LogP contribution in [0.2, 0.25) is 0 Å². The fraction of sp³-hybridized carbons (Fsp3) is 0.450. The number of ether oxygens (including phenoxy) is 1. The Bertz CT molecular complexity index is 901. The topological polar surface area (TPSA) is 105 Å². The van der Waals surface area contributed by atoms with Crippen molar-refractivity contribution in [3.63, 3.8) is 0 Å². The number of aromatic nitrogens is 1. The molecule has 3 heterocycles. The van der Waals surface area contributed by atoms with E-state index in [0.717, 1.165) is 31.4 Å². The molecule has 0 unspecified atom stereocenters. The number of amides is 2. The molecule has 0 saturated heterocycles. The second-order valence-corrected chi connectivity index (χ2v) is 7.13. The Balaban J connectivity index is 1.50. The number of rotatable bonds is 6. The van der Waals surface area contributed by atoms with Gasteiger partial charge in [0.1, 0.15) is 12.4 Å². The SMILES string of the molecule is COc1nc2c(cc1CNC(=O)c1ccc(CO)o1)C(=O)N(C1CCCC1)C2. The Morgan fingerprint density at radius 3 is 2.86 bits per heavy atom. The Labute approximate surface area is 162 Å². The lowest BCUT2D eigenvalue weighted by Gasteiger charge is -2.22. The molecular weight excluding hydrogens is 362 g/mol. The van der Waals surface area contributed by atoms with Crippen molar-refractivity contribution in [1.82, 2.24) is 15.2 Å². The number of nitrogens with zero attached hydrogens (tertiary/aromatic N) is 2. The minimum absolute atomic E-state index is 0.00301. The van der Waals surface area contributed by atoms with Gasteiger partial charge in [-0.25, -0.2) is 4.98 Å². The van der Waals surface area contributed by atoms with E-state index in [2.05, 4.69) is 10.3 Å². The average molecular weight is 385 g/mol. The molecule has 0 radical (unpaired) electrons. The largest absolute Gasteiger partial charge is 0.481 e. The van der Waals surface area contributed by atoms with Gasteiger partial charge in [-0.1, -0.05) is 12.8 Å². The number of fused-ring (bicyclic) bond motifs is 1. The molecule has 8 nitrogen and oxygen atoms in total. The number of carbonyl (C=O) groups excluding carboxylic acids is 2. The molecule has 2 aromatic rings. The van der Waals surface area contributed by atoms with Crippen molar-refractivity contribution in [1.29, 1.82) is 0 Å². The predicted molar refractivity (Wildman–Crippen MR) is 98.7 cm³/mol. The molecule has 0 spiro atoms. The van der Waals surface area contributed by atoms with Crippen molar-refractivity contribution >= 4 is 11.8 Å². The number of aliphatic hydroxyl groups excluding tert-OH is 1. The van der Waals surface area contributed by atoms with Gasteiger partial charge < -0.3 is 24.5 Å². The summed E-state index contributed by atoms with van der Waals surface area (Å²) < 4.78 is 10.6. The highest BCUT2D eigenvalue weighted by molar-refractivity contribution is 5.98. The van der Waals surface area contributed by atoms with Gasteiger partial charge in [0.15, 0.2) is 5.76 Å². The molecule has 1 saturated carbocycles. The molecule has 0 aromatic carbocycles. The first-order chi connectivity index (χ1) is 13.6. The zero-order chi connectivity index (χ0) is 19.7. The average Bonchev–Trinajstić information content (AvgIpc) is 3.45. The van der Waals surface area contributed by atoms with Gasteiger partial charge in [0.05, 0.1) is 24.9 Å². The lowest BCUT2D eigenvalue weighted by molar-refractivity contribution is 0.0706. The van der Waals surface area contributed by atoms with Gasteiger partial charge in [-0.3, -0.25) is 9.59 Å².